The van der Waals surface area contributed by atoms with Crippen LogP contribution in [0.15, 0.2) is 36.4 Å². The normalized spacial score (nSPS) is 19.2. The molecule has 120 valence electrons. The second-order valence-electron chi connectivity index (χ2n) is 6.52. The number of fused-ring (bicyclic) bond motifs is 2. The molecule has 24 heavy (non-hydrogen) atoms. The number of aryl methyl sites for hydroxylation is 2. The van der Waals surface area contributed by atoms with Crippen LogP contribution < -0.4 is 9.80 Å². The third-order valence-electron chi connectivity index (χ3n) is 4.85. The van der Waals surface area contributed by atoms with Gasteiger partial charge in [0, 0.05) is 25.2 Å². The first-order chi connectivity index (χ1) is 11.4. The first-order valence-electron chi connectivity index (χ1n) is 7.92. The second-order valence-corrected chi connectivity index (χ2v) is 6.52. The number of hydrogen-bond donors (Lipinski definition) is 0. The van der Waals surface area contributed by atoms with Crippen LogP contribution in [-0.4, -0.2) is 25.9 Å². The Morgan fingerprint density at radius 3 is 1.42 bits per heavy atom. The van der Waals surface area contributed by atoms with Crippen LogP contribution in [-0.2, 0) is 9.59 Å². The molecular weight excluding hydrogens is 300 g/mol. The molecule has 4 rings (SSSR count). The number of benzene rings is 2. The largest absolute Gasteiger partial charge is 0.311 e. The monoisotopic (exact) mass is 318 g/mol. The van der Waals surface area contributed by atoms with Crippen molar-refractivity contribution in [3.63, 3.8) is 0 Å². The summed E-state index contributed by atoms with van der Waals surface area (Å²) in [5.41, 5.74) is 6.57. The lowest BCUT2D eigenvalue weighted by atomic mass is 9.95. The Hall–Kier alpha value is -2.88. The third-order valence-corrected chi connectivity index (χ3v) is 4.85. The Morgan fingerprint density at radius 2 is 1.04 bits per heavy atom. The second kappa shape index (κ2) is 4.81. The van der Waals surface area contributed by atoms with Gasteiger partial charge >= 0.3 is 0 Å². The van der Waals surface area contributed by atoms with E-state index in [4.69, 9.17) is 0 Å². The quantitative estimate of drug-likeness (QED) is 0.700. The molecule has 0 aliphatic carbocycles. The number of amides is 2. The molecule has 2 aliphatic heterocycles. The van der Waals surface area contributed by atoms with Crippen molar-refractivity contribution < 1.29 is 9.59 Å². The molecule has 4 heteroatoms. The summed E-state index contributed by atoms with van der Waals surface area (Å²) in [5.74, 6) is -0.249. The predicted molar refractivity (Wildman–Crippen MR) is 96.0 cm³/mol. The molecule has 2 aromatic carbocycles. The Balaban J connectivity index is 2.05. The highest BCUT2D eigenvalue weighted by Crippen LogP contribution is 2.46. The lowest BCUT2D eigenvalue weighted by Gasteiger charge is -2.09. The van der Waals surface area contributed by atoms with E-state index < -0.39 is 0 Å². The van der Waals surface area contributed by atoms with E-state index in [0.717, 1.165) is 33.6 Å². The molecule has 0 aromatic heterocycles. The van der Waals surface area contributed by atoms with Gasteiger partial charge in [-0.05, 0) is 37.1 Å². The van der Waals surface area contributed by atoms with Gasteiger partial charge in [0.2, 0.25) is 0 Å². The number of carbonyl (C=O) groups excluding carboxylic acids is 2. The van der Waals surface area contributed by atoms with Crippen LogP contribution in [0.1, 0.15) is 22.3 Å². The maximum atomic E-state index is 12.9. The number of rotatable bonds is 0. The third kappa shape index (κ3) is 1.80. The van der Waals surface area contributed by atoms with Gasteiger partial charge in [-0.1, -0.05) is 24.3 Å². The van der Waals surface area contributed by atoms with Crippen molar-refractivity contribution in [2.24, 2.45) is 0 Å². The van der Waals surface area contributed by atoms with E-state index in [0.29, 0.717) is 11.1 Å². The molecule has 0 unspecified atom stereocenters. The van der Waals surface area contributed by atoms with Crippen LogP contribution in [0.3, 0.4) is 0 Å². The molecule has 0 atom stereocenters. The summed E-state index contributed by atoms with van der Waals surface area (Å²) < 4.78 is 0. The zero-order chi connectivity index (χ0) is 17.2. The fraction of sp³-hybridized carbons (Fsp3) is 0.200. The molecule has 2 aromatic rings. The fourth-order valence-electron chi connectivity index (χ4n) is 3.53. The minimum atomic E-state index is -0.124. The number of likely N-dealkylation sites (N-methyl/N-ethyl adjacent to an activating group) is 2. The molecule has 0 saturated carbocycles. The van der Waals surface area contributed by atoms with E-state index in [1.807, 2.05) is 50.2 Å². The number of anilines is 2. The topological polar surface area (TPSA) is 40.6 Å². The molecule has 0 spiro atoms. The van der Waals surface area contributed by atoms with Gasteiger partial charge in [0.15, 0.2) is 0 Å². The number of hydrogen-bond acceptors (Lipinski definition) is 2. The molecule has 2 amide bonds. The van der Waals surface area contributed by atoms with Gasteiger partial charge in [0.25, 0.3) is 11.8 Å². The summed E-state index contributed by atoms with van der Waals surface area (Å²) >= 11 is 0. The Bertz CT molecular complexity index is 879. The van der Waals surface area contributed by atoms with E-state index in [9.17, 15) is 9.59 Å². The summed E-state index contributed by atoms with van der Waals surface area (Å²) in [6.07, 6.45) is 0. The van der Waals surface area contributed by atoms with Crippen LogP contribution >= 0.6 is 0 Å². The summed E-state index contributed by atoms with van der Waals surface area (Å²) in [7, 11) is 3.51. The summed E-state index contributed by atoms with van der Waals surface area (Å²) in [6, 6.07) is 11.8. The Morgan fingerprint density at radius 1 is 0.667 bits per heavy atom. The zero-order valence-corrected chi connectivity index (χ0v) is 14.2. The van der Waals surface area contributed by atoms with Crippen molar-refractivity contribution in [3.8, 4) is 0 Å². The minimum Gasteiger partial charge on any atom is -0.311 e. The van der Waals surface area contributed by atoms with Gasteiger partial charge in [-0.3, -0.25) is 9.59 Å². The average molecular weight is 318 g/mol. The van der Waals surface area contributed by atoms with Gasteiger partial charge in [-0.2, -0.15) is 0 Å². The van der Waals surface area contributed by atoms with Gasteiger partial charge in [0.05, 0.1) is 22.5 Å². The van der Waals surface area contributed by atoms with E-state index in [2.05, 4.69) is 0 Å². The van der Waals surface area contributed by atoms with E-state index in [1.54, 1.807) is 23.9 Å². The van der Waals surface area contributed by atoms with Gasteiger partial charge in [-0.25, -0.2) is 0 Å². The molecule has 0 N–H and O–H groups in total. The van der Waals surface area contributed by atoms with Crippen LogP contribution in [0.2, 0.25) is 0 Å². The summed E-state index contributed by atoms with van der Waals surface area (Å²) in [5, 5.41) is 0. The number of nitrogens with zero attached hydrogens (tertiary/aromatic N) is 2. The average Bonchev–Trinajstić information content (AvgIpc) is 2.93. The Labute approximate surface area is 141 Å². The van der Waals surface area contributed by atoms with E-state index in [-0.39, 0.29) is 11.8 Å². The van der Waals surface area contributed by atoms with Crippen LogP contribution in [0.25, 0.3) is 11.1 Å². The molecule has 0 fully saturated rings. The highest BCUT2D eigenvalue weighted by atomic mass is 16.2. The molecule has 0 bridgehead atoms. The van der Waals surface area contributed by atoms with E-state index in [1.165, 1.54) is 0 Å². The SMILES string of the molecule is Cc1ccc2c(c1)N(C)C(=O)/C2=C1/C(=O)N(C)c2cc(C)ccc21. The predicted octanol–water partition coefficient (Wildman–Crippen LogP) is 3.17. The van der Waals surface area contributed by atoms with Crippen molar-refractivity contribution in [2.75, 3.05) is 23.9 Å². The fourth-order valence-corrected chi connectivity index (χ4v) is 3.53. The molecule has 2 aliphatic rings. The maximum Gasteiger partial charge on any atom is 0.259 e. The van der Waals surface area contributed by atoms with Gasteiger partial charge in [-0.15, -0.1) is 0 Å². The van der Waals surface area contributed by atoms with Crippen molar-refractivity contribution in [3.05, 3.63) is 58.7 Å². The molecule has 2 heterocycles. The highest BCUT2D eigenvalue weighted by Gasteiger charge is 2.39. The first-order valence-corrected chi connectivity index (χ1v) is 7.92. The van der Waals surface area contributed by atoms with Crippen LogP contribution in [0.4, 0.5) is 11.4 Å². The summed E-state index contributed by atoms with van der Waals surface area (Å²) in [4.78, 5) is 29.0. The lowest BCUT2D eigenvalue weighted by molar-refractivity contribution is -0.114. The first kappa shape index (κ1) is 14.7. The van der Waals surface area contributed by atoms with Gasteiger partial charge in [0.1, 0.15) is 0 Å². The van der Waals surface area contributed by atoms with Crippen LogP contribution in [0, 0.1) is 13.8 Å². The highest BCUT2D eigenvalue weighted by molar-refractivity contribution is 6.49. The van der Waals surface area contributed by atoms with Crippen molar-refractivity contribution >= 4 is 34.3 Å². The number of carbonyl (C=O) groups is 2. The minimum absolute atomic E-state index is 0.124. The molecule has 0 saturated heterocycles. The zero-order valence-electron chi connectivity index (χ0n) is 14.2. The van der Waals surface area contributed by atoms with Crippen LogP contribution in [0.5, 0.6) is 0 Å². The lowest BCUT2D eigenvalue weighted by Crippen LogP contribution is -2.24. The molecular formula is C20H18N2O2. The summed E-state index contributed by atoms with van der Waals surface area (Å²) in [6.45, 7) is 3.99. The van der Waals surface area contributed by atoms with E-state index >= 15 is 0 Å². The molecule has 0 radical (unpaired) electrons. The van der Waals surface area contributed by atoms with Crippen molar-refractivity contribution in [1.29, 1.82) is 0 Å². The molecule has 4 nitrogen and oxygen atoms in total. The van der Waals surface area contributed by atoms with Crippen molar-refractivity contribution in [2.45, 2.75) is 13.8 Å². The maximum absolute atomic E-state index is 12.9. The van der Waals surface area contributed by atoms with Gasteiger partial charge < -0.3 is 9.80 Å². The Kier molecular flexibility index (Phi) is 2.94. The smallest absolute Gasteiger partial charge is 0.259 e. The van der Waals surface area contributed by atoms with Crippen molar-refractivity contribution in [1.82, 2.24) is 0 Å². The standard InChI is InChI=1S/C20H18N2O2/c1-11-5-7-13-15(9-11)21(3)19(23)17(13)18-14-8-6-12(2)10-16(14)22(4)20(18)24/h5-10H,1-4H3/b18-17+.